The van der Waals surface area contributed by atoms with Crippen LogP contribution in [-0.2, 0) is 0 Å². The lowest BCUT2D eigenvalue weighted by Crippen LogP contribution is -2.28. The van der Waals surface area contributed by atoms with Crippen LogP contribution in [0.5, 0.6) is 0 Å². The Labute approximate surface area is 52.8 Å². The summed E-state index contributed by atoms with van der Waals surface area (Å²) < 4.78 is 67.1. The van der Waals surface area contributed by atoms with Gasteiger partial charge in [0.1, 0.15) is 6.42 Å². The van der Waals surface area contributed by atoms with Gasteiger partial charge in [-0.1, -0.05) is 0 Å². The van der Waals surface area contributed by atoms with Crippen molar-refractivity contribution in [3.63, 3.8) is 0 Å². The standard InChI is InChI=1S/C4H3F6/c5-2-3(6,7)1-4(8,9)10/h1H,2H2. The molecule has 6 heteroatoms. The molecule has 0 nitrogen and oxygen atoms in total. The van der Waals surface area contributed by atoms with E-state index >= 15 is 0 Å². The Balaban J connectivity index is 3.89. The molecule has 0 aliphatic rings. The quantitative estimate of drug-likeness (QED) is 0.551. The molecule has 0 aromatic heterocycles. The molecule has 61 valence electrons. The molecule has 0 aromatic rings. The van der Waals surface area contributed by atoms with Crippen molar-refractivity contribution >= 4 is 0 Å². The molecule has 0 aliphatic carbocycles. The summed E-state index contributed by atoms with van der Waals surface area (Å²) in [4.78, 5) is 0. The number of rotatable bonds is 2. The zero-order valence-electron chi connectivity index (χ0n) is 4.55. The second kappa shape index (κ2) is 2.67. The van der Waals surface area contributed by atoms with Gasteiger partial charge in [-0.3, -0.25) is 0 Å². The van der Waals surface area contributed by atoms with Gasteiger partial charge in [-0.15, -0.1) is 0 Å². The van der Waals surface area contributed by atoms with Gasteiger partial charge in [0.25, 0.3) is 5.92 Å². The summed E-state index contributed by atoms with van der Waals surface area (Å²) in [5.41, 5.74) is 0. The van der Waals surface area contributed by atoms with Crippen molar-refractivity contribution in [2.24, 2.45) is 0 Å². The first-order valence-corrected chi connectivity index (χ1v) is 2.14. The van der Waals surface area contributed by atoms with Crippen LogP contribution in [0.3, 0.4) is 0 Å². The van der Waals surface area contributed by atoms with Crippen LogP contribution in [0, 0.1) is 6.42 Å². The molecule has 0 rings (SSSR count). The molecular weight excluding hydrogens is 162 g/mol. The molecule has 0 fully saturated rings. The third-order valence-corrected chi connectivity index (χ3v) is 0.553. The Hall–Kier alpha value is -0.420. The predicted octanol–water partition coefficient (Wildman–Crippen LogP) is 2.36. The molecule has 0 aliphatic heterocycles. The number of halogens is 6. The zero-order valence-corrected chi connectivity index (χ0v) is 4.55. The van der Waals surface area contributed by atoms with E-state index in [9.17, 15) is 26.3 Å². The van der Waals surface area contributed by atoms with E-state index in [1.165, 1.54) is 0 Å². The van der Waals surface area contributed by atoms with Gasteiger partial charge < -0.3 is 0 Å². The summed E-state index contributed by atoms with van der Waals surface area (Å²) in [6.45, 7) is -2.33. The SMILES string of the molecule is FCC(F)(F)[CH]C(F)(F)F. The van der Waals surface area contributed by atoms with Crippen molar-refractivity contribution in [3.05, 3.63) is 6.42 Å². The average Bonchev–Trinajstić information content (AvgIpc) is 1.60. The molecule has 0 atom stereocenters. The highest BCUT2D eigenvalue weighted by molar-refractivity contribution is 4.89. The van der Waals surface area contributed by atoms with E-state index in [1.807, 2.05) is 0 Å². The Morgan fingerprint density at radius 3 is 1.50 bits per heavy atom. The van der Waals surface area contributed by atoms with E-state index in [1.54, 1.807) is 0 Å². The highest BCUT2D eigenvalue weighted by Gasteiger charge is 2.44. The predicted molar refractivity (Wildman–Crippen MR) is 21.3 cm³/mol. The van der Waals surface area contributed by atoms with Crippen LogP contribution < -0.4 is 0 Å². The molecule has 0 bridgehead atoms. The van der Waals surface area contributed by atoms with Crippen LogP contribution >= 0.6 is 0 Å². The van der Waals surface area contributed by atoms with E-state index in [-0.39, 0.29) is 0 Å². The molecule has 0 spiro atoms. The zero-order chi connectivity index (χ0) is 8.41. The molecule has 0 saturated carbocycles. The fraction of sp³-hybridized carbons (Fsp3) is 0.750. The molecular formula is C4H3F6. The monoisotopic (exact) mass is 165 g/mol. The smallest absolute Gasteiger partial charge is 0.244 e. The van der Waals surface area contributed by atoms with E-state index in [4.69, 9.17) is 0 Å². The lowest BCUT2D eigenvalue weighted by Gasteiger charge is -2.12. The van der Waals surface area contributed by atoms with Crippen LogP contribution in [0.2, 0.25) is 0 Å². The third-order valence-electron chi connectivity index (χ3n) is 0.553. The van der Waals surface area contributed by atoms with E-state index in [0.717, 1.165) is 0 Å². The second-order valence-electron chi connectivity index (χ2n) is 1.58. The summed E-state index contributed by atoms with van der Waals surface area (Å²) in [5.74, 6) is -4.39. The van der Waals surface area contributed by atoms with Gasteiger partial charge in [-0.05, 0) is 0 Å². The summed E-state index contributed by atoms with van der Waals surface area (Å²) in [6, 6.07) is 0. The van der Waals surface area contributed by atoms with Gasteiger partial charge in [0.05, 0.1) is 0 Å². The topological polar surface area (TPSA) is 0 Å². The Kier molecular flexibility index (Phi) is 2.56. The van der Waals surface area contributed by atoms with Crippen molar-refractivity contribution in [1.82, 2.24) is 0 Å². The Bertz CT molecular complexity index is 103. The van der Waals surface area contributed by atoms with Crippen molar-refractivity contribution in [3.8, 4) is 0 Å². The van der Waals surface area contributed by atoms with Gasteiger partial charge >= 0.3 is 6.18 Å². The minimum Gasteiger partial charge on any atom is -0.244 e. The molecule has 0 saturated heterocycles. The van der Waals surface area contributed by atoms with Crippen molar-refractivity contribution in [2.45, 2.75) is 12.1 Å². The Morgan fingerprint density at radius 2 is 1.40 bits per heavy atom. The lowest BCUT2D eigenvalue weighted by molar-refractivity contribution is -0.139. The summed E-state index contributed by atoms with van der Waals surface area (Å²) >= 11 is 0. The van der Waals surface area contributed by atoms with Gasteiger partial charge in [-0.25, -0.2) is 13.2 Å². The maximum Gasteiger partial charge on any atom is 0.398 e. The van der Waals surface area contributed by atoms with Crippen molar-refractivity contribution < 1.29 is 26.3 Å². The molecule has 0 amide bonds. The highest BCUT2D eigenvalue weighted by atomic mass is 19.4. The normalized spacial score (nSPS) is 13.8. The molecule has 0 aromatic carbocycles. The van der Waals surface area contributed by atoms with E-state index in [0.29, 0.717) is 0 Å². The number of hydrogen-bond donors (Lipinski definition) is 0. The molecule has 1 radical (unpaired) electrons. The molecule has 0 heterocycles. The summed E-state index contributed by atoms with van der Waals surface area (Å²) in [5, 5.41) is 0. The number of alkyl halides is 6. The first kappa shape index (κ1) is 9.58. The molecule has 10 heavy (non-hydrogen) atoms. The van der Waals surface area contributed by atoms with Gasteiger partial charge in [0.15, 0.2) is 6.67 Å². The van der Waals surface area contributed by atoms with Gasteiger partial charge in [0, 0.05) is 0 Å². The van der Waals surface area contributed by atoms with E-state index < -0.39 is 25.2 Å². The fourth-order valence-electron chi connectivity index (χ4n) is 0.278. The van der Waals surface area contributed by atoms with Crippen LogP contribution in [0.15, 0.2) is 0 Å². The summed E-state index contributed by atoms with van der Waals surface area (Å²) in [6.07, 6.45) is -6.41. The van der Waals surface area contributed by atoms with Crippen LogP contribution in [0.4, 0.5) is 26.3 Å². The van der Waals surface area contributed by atoms with Gasteiger partial charge in [0.2, 0.25) is 0 Å². The lowest BCUT2D eigenvalue weighted by atomic mass is 10.2. The molecule has 0 unspecified atom stereocenters. The highest BCUT2D eigenvalue weighted by Crippen LogP contribution is 2.30. The van der Waals surface area contributed by atoms with Crippen molar-refractivity contribution in [1.29, 1.82) is 0 Å². The Morgan fingerprint density at radius 1 is 1.00 bits per heavy atom. The summed E-state index contributed by atoms with van der Waals surface area (Å²) in [7, 11) is 0. The first-order chi connectivity index (χ1) is 4.27. The second-order valence-corrected chi connectivity index (χ2v) is 1.58. The van der Waals surface area contributed by atoms with E-state index in [2.05, 4.69) is 0 Å². The minimum absolute atomic E-state index is 1.28. The first-order valence-electron chi connectivity index (χ1n) is 2.14. The van der Waals surface area contributed by atoms with Crippen LogP contribution in [0.1, 0.15) is 0 Å². The third kappa shape index (κ3) is 4.46. The fourth-order valence-corrected chi connectivity index (χ4v) is 0.278. The largest absolute Gasteiger partial charge is 0.398 e. The minimum atomic E-state index is -5.13. The number of hydrogen-bond acceptors (Lipinski definition) is 0. The van der Waals surface area contributed by atoms with Crippen LogP contribution in [-0.4, -0.2) is 18.8 Å². The maximum atomic E-state index is 11.5. The van der Waals surface area contributed by atoms with Crippen LogP contribution in [0.25, 0.3) is 0 Å². The average molecular weight is 165 g/mol. The van der Waals surface area contributed by atoms with Crippen molar-refractivity contribution in [2.75, 3.05) is 6.67 Å². The molecule has 0 N–H and O–H groups in total. The van der Waals surface area contributed by atoms with Gasteiger partial charge in [-0.2, -0.15) is 13.2 Å². The maximum absolute atomic E-state index is 11.5.